The van der Waals surface area contributed by atoms with E-state index in [1.54, 1.807) is 0 Å². The van der Waals surface area contributed by atoms with E-state index in [1.165, 1.54) is 103 Å². The number of hydrogen-bond acceptors (Lipinski definition) is 3. The van der Waals surface area contributed by atoms with Crippen molar-refractivity contribution in [3.8, 4) is 0 Å². The highest BCUT2D eigenvalue weighted by Gasteiger charge is 2.24. The highest BCUT2D eigenvalue weighted by molar-refractivity contribution is 4.72. The van der Waals surface area contributed by atoms with Gasteiger partial charge in [0.2, 0.25) is 0 Å². The van der Waals surface area contributed by atoms with Crippen molar-refractivity contribution in [2.24, 2.45) is 0 Å². The lowest BCUT2D eigenvalue weighted by Crippen LogP contribution is -2.19. The summed E-state index contributed by atoms with van der Waals surface area (Å²) in [4.78, 5) is 0. The van der Waals surface area contributed by atoms with Crippen LogP contribution < -0.4 is 0 Å². The molecule has 27 heavy (non-hydrogen) atoms. The maximum atomic E-state index is 9.05. The minimum absolute atomic E-state index is 0.0501. The van der Waals surface area contributed by atoms with Crippen LogP contribution in [0, 0.1) is 0 Å². The SMILES string of the molecule is CCCCCCCCCCCCCCCCCCOC[C@H]1CC[C@@H](CO)O1. The normalized spacial score (nSPS) is 19.8. The third-order valence-electron chi connectivity index (χ3n) is 5.85. The third kappa shape index (κ3) is 15.5. The zero-order valence-electron chi connectivity index (χ0n) is 18.3. The van der Waals surface area contributed by atoms with E-state index in [2.05, 4.69) is 6.92 Å². The van der Waals surface area contributed by atoms with E-state index < -0.39 is 0 Å². The van der Waals surface area contributed by atoms with Crippen molar-refractivity contribution in [2.75, 3.05) is 19.8 Å². The van der Waals surface area contributed by atoms with Gasteiger partial charge in [-0.25, -0.2) is 0 Å². The van der Waals surface area contributed by atoms with E-state index >= 15 is 0 Å². The highest BCUT2D eigenvalue weighted by Crippen LogP contribution is 2.19. The molecular formula is C24H48O3. The van der Waals surface area contributed by atoms with Crippen LogP contribution in [0.2, 0.25) is 0 Å². The maximum absolute atomic E-state index is 9.05. The van der Waals surface area contributed by atoms with E-state index in [0.29, 0.717) is 6.61 Å². The van der Waals surface area contributed by atoms with Gasteiger partial charge in [0.15, 0.2) is 0 Å². The first-order valence-corrected chi connectivity index (χ1v) is 12.2. The Bertz CT molecular complexity index is 295. The average molecular weight is 385 g/mol. The van der Waals surface area contributed by atoms with Crippen LogP contribution in [0.15, 0.2) is 0 Å². The number of hydrogen-bond donors (Lipinski definition) is 1. The van der Waals surface area contributed by atoms with E-state index in [9.17, 15) is 0 Å². The first-order chi connectivity index (χ1) is 13.4. The van der Waals surface area contributed by atoms with Crippen molar-refractivity contribution in [3.05, 3.63) is 0 Å². The molecule has 1 rings (SSSR count). The van der Waals surface area contributed by atoms with Gasteiger partial charge >= 0.3 is 0 Å². The molecule has 0 bridgehead atoms. The fourth-order valence-corrected chi connectivity index (χ4v) is 4.00. The summed E-state index contributed by atoms with van der Waals surface area (Å²) < 4.78 is 11.4. The zero-order valence-corrected chi connectivity index (χ0v) is 18.3. The molecule has 3 heteroatoms. The molecule has 1 heterocycles. The molecule has 1 saturated heterocycles. The van der Waals surface area contributed by atoms with E-state index in [0.717, 1.165) is 19.4 Å². The second-order valence-corrected chi connectivity index (χ2v) is 8.52. The lowest BCUT2D eigenvalue weighted by atomic mass is 10.0. The van der Waals surface area contributed by atoms with Crippen molar-refractivity contribution in [3.63, 3.8) is 0 Å². The lowest BCUT2D eigenvalue weighted by Gasteiger charge is -2.12. The van der Waals surface area contributed by atoms with Crippen LogP contribution in [0.25, 0.3) is 0 Å². The summed E-state index contributed by atoms with van der Waals surface area (Å²) in [6, 6.07) is 0. The van der Waals surface area contributed by atoms with Gasteiger partial charge in [-0.3, -0.25) is 0 Å². The van der Waals surface area contributed by atoms with Crippen LogP contribution in [0.3, 0.4) is 0 Å². The Morgan fingerprint density at radius 2 is 1.11 bits per heavy atom. The molecule has 0 aromatic carbocycles. The maximum Gasteiger partial charge on any atom is 0.0814 e. The number of ether oxygens (including phenoxy) is 2. The second-order valence-electron chi connectivity index (χ2n) is 8.52. The molecule has 162 valence electrons. The summed E-state index contributed by atoms with van der Waals surface area (Å²) in [5, 5.41) is 9.05. The van der Waals surface area contributed by atoms with Gasteiger partial charge in [0.1, 0.15) is 0 Å². The molecule has 0 spiro atoms. The molecule has 0 saturated carbocycles. The predicted octanol–water partition coefficient (Wildman–Crippen LogP) is 6.80. The summed E-state index contributed by atoms with van der Waals surface area (Å²) in [7, 11) is 0. The van der Waals surface area contributed by atoms with E-state index in [4.69, 9.17) is 14.6 Å². The molecule has 0 aromatic heterocycles. The smallest absolute Gasteiger partial charge is 0.0814 e. The van der Waals surface area contributed by atoms with Gasteiger partial charge in [-0.05, 0) is 19.3 Å². The van der Waals surface area contributed by atoms with Gasteiger partial charge in [-0.2, -0.15) is 0 Å². The summed E-state index contributed by atoms with van der Waals surface area (Å²) in [5.41, 5.74) is 0. The molecule has 1 fully saturated rings. The summed E-state index contributed by atoms with van der Waals surface area (Å²) >= 11 is 0. The highest BCUT2D eigenvalue weighted by atomic mass is 16.5. The first kappa shape index (κ1) is 24.9. The number of aliphatic hydroxyl groups excluding tert-OH is 1. The van der Waals surface area contributed by atoms with Crippen LogP contribution in [0.4, 0.5) is 0 Å². The summed E-state index contributed by atoms with van der Waals surface area (Å²) in [6.45, 7) is 4.00. The second kappa shape index (κ2) is 19.2. The molecule has 0 aromatic rings. The summed E-state index contributed by atoms with van der Waals surface area (Å²) in [5.74, 6) is 0. The van der Waals surface area contributed by atoms with Crippen LogP contribution in [-0.4, -0.2) is 37.1 Å². The lowest BCUT2D eigenvalue weighted by molar-refractivity contribution is -0.0318. The molecule has 0 unspecified atom stereocenters. The van der Waals surface area contributed by atoms with Crippen LogP contribution in [0.5, 0.6) is 0 Å². The Hall–Kier alpha value is -0.120. The van der Waals surface area contributed by atoms with Crippen molar-refractivity contribution < 1.29 is 14.6 Å². The van der Waals surface area contributed by atoms with Gasteiger partial charge in [0, 0.05) is 6.61 Å². The van der Waals surface area contributed by atoms with Gasteiger partial charge in [0.25, 0.3) is 0 Å². The molecule has 0 radical (unpaired) electrons. The van der Waals surface area contributed by atoms with Crippen molar-refractivity contribution in [1.29, 1.82) is 0 Å². The quantitative estimate of drug-likeness (QED) is 0.234. The topological polar surface area (TPSA) is 38.7 Å². The van der Waals surface area contributed by atoms with Crippen LogP contribution in [-0.2, 0) is 9.47 Å². The molecule has 1 aliphatic rings. The molecule has 1 N–H and O–H groups in total. The van der Waals surface area contributed by atoms with Crippen molar-refractivity contribution in [1.82, 2.24) is 0 Å². The van der Waals surface area contributed by atoms with Crippen LogP contribution in [0.1, 0.15) is 122 Å². The minimum atomic E-state index is 0.0501. The Morgan fingerprint density at radius 3 is 1.56 bits per heavy atom. The van der Waals surface area contributed by atoms with Gasteiger partial charge in [-0.15, -0.1) is 0 Å². The van der Waals surface area contributed by atoms with Gasteiger partial charge < -0.3 is 14.6 Å². The van der Waals surface area contributed by atoms with E-state index in [1.807, 2.05) is 0 Å². The Balaban J connectivity index is 1.67. The van der Waals surface area contributed by atoms with Gasteiger partial charge in [0.05, 0.1) is 25.4 Å². The predicted molar refractivity (Wildman–Crippen MR) is 115 cm³/mol. The van der Waals surface area contributed by atoms with Crippen molar-refractivity contribution >= 4 is 0 Å². The molecule has 2 atom stereocenters. The molecular weight excluding hydrogens is 336 g/mol. The molecule has 3 nitrogen and oxygen atoms in total. The Kier molecular flexibility index (Phi) is 17.7. The molecule has 0 amide bonds. The zero-order chi connectivity index (χ0) is 19.4. The number of aliphatic hydroxyl groups is 1. The first-order valence-electron chi connectivity index (χ1n) is 12.2. The van der Waals surface area contributed by atoms with Crippen molar-refractivity contribution in [2.45, 2.75) is 135 Å². The number of rotatable bonds is 20. The Labute approximate surface area is 169 Å². The fraction of sp³-hybridized carbons (Fsp3) is 1.00. The average Bonchev–Trinajstić information content (AvgIpc) is 3.15. The van der Waals surface area contributed by atoms with Gasteiger partial charge in [-0.1, -0.05) is 103 Å². The van der Waals surface area contributed by atoms with E-state index in [-0.39, 0.29) is 18.8 Å². The largest absolute Gasteiger partial charge is 0.394 e. The fourth-order valence-electron chi connectivity index (χ4n) is 4.00. The standard InChI is InChI=1S/C24H48O3/c1-2-3-4-5-6-7-8-9-10-11-12-13-14-15-16-17-20-26-22-24-19-18-23(21-25)27-24/h23-25H,2-22H2,1H3/t23-,24+/m0/s1. The molecule has 1 aliphatic heterocycles. The minimum Gasteiger partial charge on any atom is -0.394 e. The Morgan fingerprint density at radius 1 is 0.667 bits per heavy atom. The van der Waals surface area contributed by atoms with Crippen LogP contribution >= 0.6 is 0 Å². The molecule has 0 aliphatic carbocycles. The summed E-state index contributed by atoms with van der Waals surface area (Å²) in [6.07, 6.45) is 24.7. The monoisotopic (exact) mass is 384 g/mol. The number of unbranched alkanes of at least 4 members (excludes halogenated alkanes) is 15. The third-order valence-corrected chi connectivity index (χ3v) is 5.85.